The number of ether oxygens (including phenoxy) is 1. The monoisotopic (exact) mass is 322 g/mol. The molecule has 2 aromatic rings. The van der Waals surface area contributed by atoms with E-state index in [9.17, 15) is 18.5 Å². The first-order valence-electron chi connectivity index (χ1n) is 6.30. The van der Waals surface area contributed by atoms with Crippen molar-refractivity contribution in [3.05, 3.63) is 70.3 Å². The Morgan fingerprint density at radius 2 is 1.68 bits per heavy atom. The zero-order valence-electron chi connectivity index (χ0n) is 11.7. The zero-order chi connectivity index (χ0) is 16.2. The van der Waals surface area contributed by atoms with E-state index in [4.69, 9.17) is 4.74 Å². The van der Waals surface area contributed by atoms with Crippen LogP contribution in [0.1, 0.15) is 5.56 Å². The van der Waals surface area contributed by atoms with Gasteiger partial charge in [0.1, 0.15) is 12.3 Å². The second kappa shape index (κ2) is 6.44. The van der Waals surface area contributed by atoms with Crippen LogP contribution in [0.25, 0.3) is 0 Å². The number of hydrogen-bond acceptors (Lipinski definition) is 5. The lowest BCUT2D eigenvalue weighted by Gasteiger charge is -2.14. The van der Waals surface area contributed by atoms with Crippen molar-refractivity contribution in [3.8, 4) is 5.75 Å². The molecule has 8 heteroatoms. The fourth-order valence-corrected chi connectivity index (χ4v) is 3.06. The molecular formula is C14H14N2O5S. The minimum absolute atomic E-state index is 0.166. The van der Waals surface area contributed by atoms with E-state index in [2.05, 4.69) is 0 Å². The number of nitro groups is 1. The molecule has 0 atom stereocenters. The van der Waals surface area contributed by atoms with Crippen LogP contribution in [0.5, 0.6) is 5.75 Å². The molecule has 2 rings (SSSR count). The van der Waals surface area contributed by atoms with E-state index in [1.807, 2.05) is 0 Å². The van der Waals surface area contributed by atoms with Crippen LogP contribution in [-0.4, -0.2) is 25.0 Å². The molecule has 22 heavy (non-hydrogen) atoms. The first kappa shape index (κ1) is 15.8. The van der Waals surface area contributed by atoms with E-state index in [0.717, 1.165) is 0 Å². The third-order valence-electron chi connectivity index (χ3n) is 2.98. The first-order chi connectivity index (χ1) is 10.4. The molecule has 116 valence electrons. The van der Waals surface area contributed by atoms with E-state index >= 15 is 0 Å². The highest BCUT2D eigenvalue weighted by Gasteiger charge is 2.32. The minimum Gasteiger partial charge on any atom is -0.497 e. The molecule has 0 aromatic heterocycles. The van der Waals surface area contributed by atoms with Gasteiger partial charge in [-0.1, -0.05) is 30.3 Å². The predicted molar refractivity (Wildman–Crippen MR) is 79.2 cm³/mol. The lowest BCUT2D eigenvalue weighted by molar-refractivity contribution is -0.623. The number of hydrazine groups is 1. The van der Waals surface area contributed by atoms with Gasteiger partial charge >= 0.3 is 10.0 Å². The molecule has 0 aliphatic heterocycles. The van der Waals surface area contributed by atoms with Gasteiger partial charge < -0.3 is 4.74 Å². The molecule has 0 amide bonds. The number of sulfonamides is 1. The summed E-state index contributed by atoms with van der Waals surface area (Å²) >= 11 is 0. The van der Waals surface area contributed by atoms with Gasteiger partial charge in [0.15, 0.2) is 5.03 Å². The highest BCUT2D eigenvalue weighted by molar-refractivity contribution is 7.89. The van der Waals surface area contributed by atoms with Crippen LogP contribution in [0.15, 0.2) is 59.5 Å². The van der Waals surface area contributed by atoms with Gasteiger partial charge in [-0.2, -0.15) is 8.42 Å². The number of benzene rings is 2. The Kier molecular flexibility index (Phi) is 4.62. The van der Waals surface area contributed by atoms with Crippen molar-refractivity contribution in [1.82, 2.24) is 4.41 Å². The number of methoxy groups -OCH3 is 1. The zero-order valence-corrected chi connectivity index (χ0v) is 12.6. The molecule has 0 heterocycles. The van der Waals surface area contributed by atoms with Crippen molar-refractivity contribution in [1.29, 1.82) is 0 Å². The summed E-state index contributed by atoms with van der Waals surface area (Å²) in [5, 5.41) is 10.3. The van der Waals surface area contributed by atoms with Crippen LogP contribution in [0, 0.1) is 10.1 Å². The van der Waals surface area contributed by atoms with Crippen molar-refractivity contribution < 1.29 is 18.2 Å². The van der Waals surface area contributed by atoms with Crippen molar-refractivity contribution in [2.24, 2.45) is 0 Å². The van der Waals surface area contributed by atoms with E-state index in [0.29, 0.717) is 11.3 Å². The Balaban J connectivity index is 2.35. The van der Waals surface area contributed by atoms with Crippen molar-refractivity contribution in [3.63, 3.8) is 0 Å². The molecule has 7 nitrogen and oxygen atoms in total. The molecule has 2 aromatic carbocycles. The van der Waals surface area contributed by atoms with Gasteiger partial charge in [0.2, 0.25) is 0 Å². The van der Waals surface area contributed by atoms with Gasteiger partial charge in [-0.05, 0) is 34.2 Å². The summed E-state index contributed by atoms with van der Waals surface area (Å²) in [6, 6.07) is 13.8. The van der Waals surface area contributed by atoms with Crippen molar-refractivity contribution in [2.45, 2.75) is 11.4 Å². The molecule has 0 aliphatic carbocycles. The normalized spacial score (nSPS) is 11.0. The van der Waals surface area contributed by atoms with E-state index in [1.165, 1.54) is 31.4 Å². The molecule has 0 aliphatic rings. The van der Waals surface area contributed by atoms with Gasteiger partial charge in [0.25, 0.3) is 0 Å². The minimum atomic E-state index is -4.24. The Hall–Kier alpha value is -2.61. The fraction of sp³-hybridized carbons (Fsp3) is 0.143. The van der Waals surface area contributed by atoms with Crippen LogP contribution in [0.4, 0.5) is 0 Å². The standard InChI is InChI=1S/C14H14N2O5S/c1-21-13-7-9-14(10-8-13)22(19,20)15(16(17)18)11-12-5-3-2-4-6-12/h2-10H,11H2,1H3. The van der Waals surface area contributed by atoms with Gasteiger partial charge in [-0.3, -0.25) is 0 Å². The van der Waals surface area contributed by atoms with Crippen LogP contribution >= 0.6 is 0 Å². The van der Waals surface area contributed by atoms with Gasteiger partial charge in [0, 0.05) is 0 Å². The molecule has 0 saturated carbocycles. The van der Waals surface area contributed by atoms with Crippen LogP contribution in [0.3, 0.4) is 0 Å². The van der Waals surface area contributed by atoms with Gasteiger partial charge in [0.05, 0.1) is 12.0 Å². The number of nitrogens with zero attached hydrogens (tertiary/aromatic N) is 2. The predicted octanol–water partition coefficient (Wildman–Crippen LogP) is 2.08. The summed E-state index contributed by atoms with van der Waals surface area (Å²) < 4.78 is 30.0. The lowest BCUT2D eigenvalue weighted by atomic mass is 10.2. The molecule has 0 radical (unpaired) electrons. The topological polar surface area (TPSA) is 89.8 Å². The quantitative estimate of drug-likeness (QED) is 0.600. The Morgan fingerprint density at radius 3 is 2.18 bits per heavy atom. The smallest absolute Gasteiger partial charge is 0.313 e. The third-order valence-corrected chi connectivity index (χ3v) is 4.66. The number of rotatable bonds is 6. The molecule has 0 saturated heterocycles. The van der Waals surface area contributed by atoms with Crippen molar-refractivity contribution in [2.75, 3.05) is 7.11 Å². The molecule has 0 spiro atoms. The Bertz CT molecular complexity index is 745. The summed E-state index contributed by atoms with van der Waals surface area (Å²) in [7, 11) is -2.80. The number of hydrogen-bond donors (Lipinski definition) is 0. The molecule has 0 N–H and O–H groups in total. The maximum absolute atomic E-state index is 12.4. The summed E-state index contributed by atoms with van der Waals surface area (Å²) in [5.74, 6) is 0.467. The Morgan fingerprint density at radius 1 is 1.09 bits per heavy atom. The van der Waals surface area contributed by atoms with Gasteiger partial charge in [-0.15, -0.1) is 0 Å². The summed E-state index contributed by atoms with van der Waals surface area (Å²) in [4.78, 5) is 11.0. The van der Waals surface area contributed by atoms with Crippen molar-refractivity contribution >= 4 is 10.0 Å². The summed E-state index contributed by atoms with van der Waals surface area (Å²) in [5.41, 5.74) is 0.524. The Labute approximate surface area is 127 Å². The molecule has 0 fully saturated rings. The second-order valence-corrected chi connectivity index (χ2v) is 6.23. The van der Waals surface area contributed by atoms with E-state index < -0.39 is 15.1 Å². The SMILES string of the molecule is COc1ccc(S(=O)(=O)N(Cc2ccccc2)[N+](=O)[O-])cc1. The summed E-state index contributed by atoms with van der Waals surface area (Å²) in [6.45, 7) is -0.345. The maximum Gasteiger partial charge on any atom is 0.313 e. The molecule has 0 unspecified atom stereocenters. The first-order valence-corrected chi connectivity index (χ1v) is 7.74. The largest absolute Gasteiger partial charge is 0.497 e. The lowest BCUT2D eigenvalue weighted by Crippen LogP contribution is -2.35. The van der Waals surface area contributed by atoms with E-state index in [-0.39, 0.29) is 15.9 Å². The maximum atomic E-state index is 12.4. The average Bonchev–Trinajstić information content (AvgIpc) is 2.53. The second-order valence-electron chi connectivity index (χ2n) is 4.38. The van der Waals surface area contributed by atoms with Gasteiger partial charge in [-0.25, -0.2) is 10.1 Å². The van der Waals surface area contributed by atoms with E-state index in [1.54, 1.807) is 30.3 Å². The third kappa shape index (κ3) is 3.34. The highest BCUT2D eigenvalue weighted by Crippen LogP contribution is 2.21. The average molecular weight is 322 g/mol. The van der Waals surface area contributed by atoms with Crippen LogP contribution in [-0.2, 0) is 16.6 Å². The van der Waals surface area contributed by atoms with Crippen LogP contribution in [0.2, 0.25) is 0 Å². The molecule has 0 bridgehead atoms. The summed E-state index contributed by atoms with van der Waals surface area (Å²) in [6.07, 6.45) is 0. The van der Waals surface area contributed by atoms with Crippen LogP contribution < -0.4 is 4.74 Å². The molecular weight excluding hydrogens is 308 g/mol. The fourth-order valence-electron chi connectivity index (χ4n) is 1.84. The highest BCUT2D eigenvalue weighted by atomic mass is 32.2.